The van der Waals surface area contributed by atoms with Crippen molar-refractivity contribution in [3.63, 3.8) is 0 Å². The minimum atomic E-state index is -6.08. The van der Waals surface area contributed by atoms with Gasteiger partial charge in [0.05, 0.1) is 0 Å². The van der Waals surface area contributed by atoms with Gasteiger partial charge in [-0.05, 0) is 0 Å². The van der Waals surface area contributed by atoms with E-state index in [0.717, 1.165) is 21.8 Å². The fourth-order valence-corrected chi connectivity index (χ4v) is 1.39. The Labute approximate surface area is 58.2 Å². The molecule has 0 aliphatic rings. The maximum absolute atomic E-state index is 9.99. The predicted octanol–water partition coefficient (Wildman–Crippen LogP) is -2.26. The van der Waals surface area contributed by atoms with E-state index in [4.69, 9.17) is 0 Å². The molecule has 0 aromatic rings. The van der Waals surface area contributed by atoms with Crippen molar-refractivity contribution in [2.45, 2.75) is 0 Å². The Morgan fingerprint density at radius 1 is 0.545 bits per heavy atom. The van der Waals surface area contributed by atoms with Crippen LogP contribution in [0.4, 0.5) is 0 Å². The fraction of sp³-hybridized carbons (Fsp3) is 0. The molecule has 0 aromatic carbocycles. The average Bonchev–Trinajstić information content (AvgIpc) is 2.12. The first-order valence-electron chi connectivity index (χ1n) is 2.04. The van der Waals surface area contributed by atoms with Gasteiger partial charge in [0, 0.05) is 0 Å². The van der Waals surface area contributed by atoms with Gasteiger partial charge >= 0.3 is 57.8 Å². The van der Waals surface area contributed by atoms with Crippen LogP contribution in [0, 0.1) is 0 Å². The fourth-order valence-electron chi connectivity index (χ4n) is 0.170. The summed E-state index contributed by atoms with van der Waals surface area (Å²) in [5.74, 6) is 0. The normalized spacial score (nSPS) is 9.55. The third-order valence-electron chi connectivity index (χ3n) is 0.833. The van der Waals surface area contributed by atoms with E-state index in [1.165, 1.54) is 0 Å². The van der Waals surface area contributed by atoms with Gasteiger partial charge in [0.25, 0.3) is 0 Å². The van der Waals surface area contributed by atoms with E-state index in [0.29, 0.717) is 0 Å². The van der Waals surface area contributed by atoms with E-state index in [9.17, 15) is 24.0 Å². The minimum absolute atomic E-state index is 0.792. The van der Waals surface area contributed by atoms with Crippen LogP contribution in [-0.2, 0) is 36.0 Å². The summed E-state index contributed by atoms with van der Waals surface area (Å²) in [6.45, 7) is 0. The van der Waals surface area contributed by atoms with Crippen LogP contribution in [0.1, 0.15) is 0 Å². The van der Waals surface area contributed by atoms with Gasteiger partial charge in [-0.3, -0.25) is 0 Å². The first-order chi connectivity index (χ1) is 5.12. The predicted molar refractivity (Wildman–Crippen MR) is 29.9 cm³/mol. The van der Waals surface area contributed by atoms with E-state index >= 15 is 0 Å². The van der Waals surface area contributed by atoms with Crippen molar-refractivity contribution in [1.82, 2.24) is 0 Å². The maximum atomic E-state index is 9.99. The second-order valence-corrected chi connectivity index (χ2v) is 11.8. The van der Waals surface area contributed by atoms with E-state index in [2.05, 4.69) is 0 Å². The van der Waals surface area contributed by atoms with Crippen molar-refractivity contribution >= 4 is 21.8 Å². The molecular formula is C5HO5Re. The SMILES string of the molecule is O=[C]=[ReH](=[C]=O)(=[C]=O)(=[C]=O)=[C]=O. The zero-order chi connectivity index (χ0) is 8.98. The molecule has 0 N–H and O–H groups in total. The van der Waals surface area contributed by atoms with E-state index in [1.54, 1.807) is 0 Å². The zero-order valence-electron chi connectivity index (χ0n) is 4.95. The Hall–Kier alpha value is -1.44. The molecule has 0 heterocycles. The number of rotatable bonds is 0. The molecule has 0 unspecified atom stereocenters. The van der Waals surface area contributed by atoms with Crippen molar-refractivity contribution in [3.8, 4) is 0 Å². The van der Waals surface area contributed by atoms with Crippen LogP contribution >= 0.6 is 0 Å². The van der Waals surface area contributed by atoms with E-state index < -0.39 is 12.0 Å². The zero-order valence-corrected chi connectivity index (χ0v) is 7.88. The summed E-state index contributed by atoms with van der Waals surface area (Å²) in [6.07, 6.45) is 0. The Bertz CT molecular complexity index is 550. The molecule has 6 heteroatoms. The first kappa shape index (κ1) is 9.56. The molecule has 58 valence electrons. The Morgan fingerprint density at radius 3 is 0.727 bits per heavy atom. The molecule has 0 amide bonds. The molecule has 0 aromatic heterocycles. The molecular weight excluding hydrogens is 326 g/mol. The summed E-state index contributed by atoms with van der Waals surface area (Å²) >= 11 is -6.08. The standard InChI is InChI=1S/5CO.Re.H/c5*1-2;;. The van der Waals surface area contributed by atoms with E-state index in [1.807, 2.05) is 0 Å². The summed E-state index contributed by atoms with van der Waals surface area (Å²) in [6, 6.07) is 0. The van der Waals surface area contributed by atoms with Crippen LogP contribution in [0.3, 0.4) is 0 Å². The third-order valence-corrected chi connectivity index (χ3v) is 6.82. The molecule has 0 radical (unpaired) electrons. The van der Waals surface area contributed by atoms with Crippen LogP contribution in [0.15, 0.2) is 0 Å². The summed E-state index contributed by atoms with van der Waals surface area (Å²) in [5, 5.41) is 0. The van der Waals surface area contributed by atoms with Crippen molar-refractivity contribution in [2.24, 2.45) is 0 Å². The van der Waals surface area contributed by atoms with Crippen LogP contribution in [0.25, 0.3) is 0 Å². The number of hydrogen-bond acceptors (Lipinski definition) is 5. The summed E-state index contributed by atoms with van der Waals surface area (Å²) in [5.41, 5.74) is 0. The average molecular weight is 327 g/mol. The second kappa shape index (κ2) is 2.66. The van der Waals surface area contributed by atoms with Crippen LogP contribution in [0.2, 0.25) is 0 Å². The molecule has 11 heavy (non-hydrogen) atoms. The molecule has 0 rings (SSSR count). The molecule has 0 spiro atoms. The molecule has 5 nitrogen and oxygen atoms in total. The molecule has 0 aliphatic heterocycles. The Balaban J connectivity index is 9.33. The summed E-state index contributed by atoms with van der Waals surface area (Å²) in [7, 11) is 0. The topological polar surface area (TPSA) is 85.3 Å². The molecule has 0 aliphatic carbocycles. The van der Waals surface area contributed by atoms with Gasteiger partial charge < -0.3 is 0 Å². The van der Waals surface area contributed by atoms with Crippen molar-refractivity contribution in [2.75, 3.05) is 0 Å². The van der Waals surface area contributed by atoms with Crippen molar-refractivity contribution in [1.29, 1.82) is 0 Å². The monoisotopic (exact) mass is 328 g/mol. The van der Waals surface area contributed by atoms with Gasteiger partial charge in [0.1, 0.15) is 0 Å². The Morgan fingerprint density at radius 2 is 0.727 bits per heavy atom. The van der Waals surface area contributed by atoms with Crippen molar-refractivity contribution < 1.29 is 36.0 Å². The summed E-state index contributed by atoms with van der Waals surface area (Å²) < 4.78 is 3.96. The van der Waals surface area contributed by atoms with Crippen molar-refractivity contribution in [3.05, 3.63) is 0 Å². The quantitative estimate of drug-likeness (QED) is 0.502. The van der Waals surface area contributed by atoms with Crippen LogP contribution in [0.5, 0.6) is 0 Å². The number of carbonyl (C=O) groups excluding carboxylic acids is 5. The first-order valence-corrected chi connectivity index (χ1v) is 9.37. The van der Waals surface area contributed by atoms with Gasteiger partial charge in [0.2, 0.25) is 0 Å². The molecule has 0 atom stereocenters. The van der Waals surface area contributed by atoms with Gasteiger partial charge in [0.15, 0.2) is 0 Å². The van der Waals surface area contributed by atoms with Gasteiger partial charge in [-0.2, -0.15) is 0 Å². The van der Waals surface area contributed by atoms with Crippen LogP contribution in [-0.4, -0.2) is 21.8 Å². The van der Waals surface area contributed by atoms with Crippen LogP contribution < -0.4 is 0 Å². The van der Waals surface area contributed by atoms with E-state index in [-0.39, 0.29) is 0 Å². The third kappa shape index (κ3) is 1.07. The molecule has 0 bridgehead atoms. The van der Waals surface area contributed by atoms with Gasteiger partial charge in [-0.1, -0.05) is 0 Å². The summed E-state index contributed by atoms with van der Waals surface area (Å²) in [4.78, 5) is 50.0. The molecule has 0 saturated carbocycles. The van der Waals surface area contributed by atoms with Gasteiger partial charge in [-0.25, -0.2) is 0 Å². The number of hydrogen-bond donors (Lipinski definition) is 0. The van der Waals surface area contributed by atoms with Gasteiger partial charge in [-0.15, -0.1) is 0 Å². The Kier molecular flexibility index (Phi) is 2.31. The molecule has 0 fully saturated rings. The second-order valence-electron chi connectivity index (χ2n) is 1.44. The molecule has 0 saturated heterocycles.